The van der Waals surface area contributed by atoms with Crippen LogP contribution in [0.15, 0.2) is 36.5 Å². The summed E-state index contributed by atoms with van der Waals surface area (Å²) in [7, 11) is 0. The number of aryl methyl sites for hydroxylation is 2. The molecule has 2 aromatic heterocycles. The number of benzene rings is 1. The number of rotatable bonds is 4. The molecular formula is C18H16ClN3O2S. The Balaban J connectivity index is 1.90. The van der Waals surface area contributed by atoms with Crippen LogP contribution in [-0.2, 0) is 4.79 Å². The first-order valence-corrected chi connectivity index (χ1v) is 8.79. The second-order valence-corrected chi connectivity index (χ2v) is 7.33. The van der Waals surface area contributed by atoms with Gasteiger partial charge in [-0.3, -0.25) is 14.9 Å². The molecule has 0 saturated heterocycles. The van der Waals surface area contributed by atoms with Crippen molar-refractivity contribution >= 4 is 39.8 Å². The van der Waals surface area contributed by atoms with Gasteiger partial charge in [0.1, 0.15) is 0 Å². The van der Waals surface area contributed by atoms with Crippen LogP contribution in [0.2, 0.25) is 5.02 Å². The molecule has 0 fully saturated rings. The minimum Gasteiger partial charge on any atom is -0.318 e. The van der Waals surface area contributed by atoms with Crippen molar-refractivity contribution in [3.63, 3.8) is 0 Å². The average molecular weight is 374 g/mol. The maximum Gasteiger partial charge on any atom is 0.298 e. The van der Waals surface area contributed by atoms with Crippen molar-refractivity contribution < 1.29 is 9.59 Å². The number of ketones is 1. The SMILES string of the molecule is Cc1cnc(NC(=O)C(=O)c2cc(C)n(-c3ccc(Cl)cc3)c2C)s1. The molecule has 0 saturated carbocycles. The Morgan fingerprint density at radius 3 is 2.44 bits per heavy atom. The van der Waals surface area contributed by atoms with E-state index in [0.717, 1.165) is 16.3 Å². The van der Waals surface area contributed by atoms with Crippen LogP contribution in [-0.4, -0.2) is 21.2 Å². The summed E-state index contributed by atoms with van der Waals surface area (Å²) >= 11 is 7.26. The fraction of sp³-hybridized carbons (Fsp3) is 0.167. The van der Waals surface area contributed by atoms with E-state index in [1.807, 2.05) is 37.5 Å². The molecule has 7 heteroatoms. The summed E-state index contributed by atoms with van der Waals surface area (Å²) in [5, 5.41) is 3.61. The molecule has 25 heavy (non-hydrogen) atoms. The van der Waals surface area contributed by atoms with Crippen LogP contribution >= 0.6 is 22.9 Å². The number of carbonyl (C=O) groups is 2. The Morgan fingerprint density at radius 1 is 1.16 bits per heavy atom. The first-order chi connectivity index (χ1) is 11.9. The highest BCUT2D eigenvalue weighted by molar-refractivity contribution is 7.15. The monoisotopic (exact) mass is 373 g/mol. The molecule has 1 N–H and O–H groups in total. The highest BCUT2D eigenvalue weighted by Crippen LogP contribution is 2.23. The quantitative estimate of drug-likeness (QED) is 0.546. The number of Topliss-reactive ketones (excluding diaryl/α,β-unsaturated/α-hetero) is 1. The first kappa shape index (κ1) is 17.4. The van der Waals surface area contributed by atoms with Crippen molar-refractivity contribution in [1.82, 2.24) is 9.55 Å². The Morgan fingerprint density at radius 2 is 1.84 bits per heavy atom. The Labute approximate surface area is 154 Å². The van der Waals surface area contributed by atoms with E-state index in [4.69, 9.17) is 11.6 Å². The lowest BCUT2D eigenvalue weighted by Gasteiger charge is -2.10. The third-order valence-electron chi connectivity index (χ3n) is 3.81. The van der Waals surface area contributed by atoms with Crippen LogP contribution < -0.4 is 5.32 Å². The van der Waals surface area contributed by atoms with E-state index < -0.39 is 11.7 Å². The van der Waals surface area contributed by atoms with Crippen molar-refractivity contribution in [2.24, 2.45) is 0 Å². The van der Waals surface area contributed by atoms with Gasteiger partial charge in [0.25, 0.3) is 11.7 Å². The summed E-state index contributed by atoms with van der Waals surface area (Å²) < 4.78 is 1.92. The molecule has 2 heterocycles. The van der Waals surface area contributed by atoms with Crippen molar-refractivity contribution in [2.75, 3.05) is 5.32 Å². The molecule has 3 rings (SSSR count). The van der Waals surface area contributed by atoms with Gasteiger partial charge in [0, 0.05) is 38.7 Å². The van der Waals surface area contributed by atoms with Crippen molar-refractivity contribution in [3.05, 3.63) is 63.4 Å². The minimum absolute atomic E-state index is 0.373. The van der Waals surface area contributed by atoms with Crippen LogP contribution in [0, 0.1) is 20.8 Å². The molecule has 5 nitrogen and oxygen atoms in total. The summed E-state index contributed by atoms with van der Waals surface area (Å²) in [6, 6.07) is 9.03. The van der Waals surface area contributed by atoms with Gasteiger partial charge in [0.2, 0.25) is 0 Å². The number of aromatic nitrogens is 2. The zero-order valence-corrected chi connectivity index (χ0v) is 15.5. The lowest BCUT2D eigenvalue weighted by molar-refractivity contribution is -0.112. The van der Waals surface area contributed by atoms with E-state index in [1.165, 1.54) is 11.3 Å². The number of nitrogens with zero attached hydrogens (tertiary/aromatic N) is 2. The van der Waals surface area contributed by atoms with Crippen LogP contribution in [0.5, 0.6) is 0 Å². The molecule has 0 atom stereocenters. The standard InChI is InChI=1S/C18H16ClN3O2S/c1-10-8-15(12(3)22(10)14-6-4-13(19)5-7-14)16(23)17(24)21-18-20-9-11(2)25-18/h4-9H,1-3H3,(H,20,21,24). The maximum atomic E-state index is 12.6. The summed E-state index contributed by atoms with van der Waals surface area (Å²) in [4.78, 5) is 29.8. The zero-order valence-electron chi connectivity index (χ0n) is 14.0. The van der Waals surface area contributed by atoms with E-state index in [9.17, 15) is 9.59 Å². The second kappa shape index (κ2) is 6.82. The number of thiazole rings is 1. The van der Waals surface area contributed by atoms with Gasteiger partial charge in [-0.05, 0) is 51.1 Å². The Kier molecular flexibility index (Phi) is 4.74. The number of halogens is 1. The largest absolute Gasteiger partial charge is 0.318 e. The second-order valence-electron chi connectivity index (χ2n) is 5.66. The van der Waals surface area contributed by atoms with Gasteiger partial charge in [-0.1, -0.05) is 11.6 Å². The predicted molar refractivity (Wildman–Crippen MR) is 100 cm³/mol. The molecule has 0 aliphatic rings. The van der Waals surface area contributed by atoms with Gasteiger partial charge in [-0.2, -0.15) is 0 Å². The molecule has 3 aromatic rings. The smallest absolute Gasteiger partial charge is 0.298 e. The molecular weight excluding hydrogens is 358 g/mol. The molecule has 128 valence electrons. The highest BCUT2D eigenvalue weighted by atomic mass is 35.5. The van der Waals surface area contributed by atoms with E-state index >= 15 is 0 Å². The van der Waals surface area contributed by atoms with Gasteiger partial charge in [-0.15, -0.1) is 11.3 Å². The molecule has 0 unspecified atom stereocenters. The third-order valence-corrected chi connectivity index (χ3v) is 4.89. The first-order valence-electron chi connectivity index (χ1n) is 7.60. The molecule has 0 bridgehead atoms. The molecule has 0 aliphatic heterocycles. The number of carbonyl (C=O) groups excluding carboxylic acids is 2. The zero-order chi connectivity index (χ0) is 18.1. The van der Waals surface area contributed by atoms with Crippen LogP contribution in [0.3, 0.4) is 0 Å². The maximum absolute atomic E-state index is 12.6. The Bertz CT molecular complexity index is 957. The van der Waals surface area contributed by atoms with Crippen LogP contribution in [0.25, 0.3) is 5.69 Å². The molecule has 0 spiro atoms. The van der Waals surface area contributed by atoms with Crippen molar-refractivity contribution in [1.29, 1.82) is 0 Å². The van der Waals surface area contributed by atoms with Crippen molar-refractivity contribution in [2.45, 2.75) is 20.8 Å². The summed E-state index contributed by atoms with van der Waals surface area (Å²) in [6.45, 7) is 5.59. The average Bonchev–Trinajstić information content (AvgIpc) is 3.11. The van der Waals surface area contributed by atoms with E-state index in [-0.39, 0.29) is 0 Å². The number of anilines is 1. The minimum atomic E-state index is -0.689. The third kappa shape index (κ3) is 3.50. The summed E-state index contributed by atoms with van der Waals surface area (Å²) in [6.07, 6.45) is 1.65. The van der Waals surface area contributed by atoms with Gasteiger partial charge in [0.15, 0.2) is 5.13 Å². The highest BCUT2D eigenvalue weighted by Gasteiger charge is 2.23. The normalized spacial score (nSPS) is 10.7. The van der Waals surface area contributed by atoms with Crippen LogP contribution in [0.4, 0.5) is 5.13 Å². The van der Waals surface area contributed by atoms with E-state index in [2.05, 4.69) is 10.3 Å². The molecule has 1 amide bonds. The van der Waals surface area contributed by atoms with Gasteiger partial charge < -0.3 is 4.57 Å². The fourth-order valence-electron chi connectivity index (χ4n) is 2.67. The predicted octanol–water partition coefficient (Wildman–Crippen LogP) is 4.33. The fourth-order valence-corrected chi connectivity index (χ4v) is 3.45. The number of hydrogen-bond acceptors (Lipinski definition) is 4. The van der Waals surface area contributed by atoms with Crippen molar-refractivity contribution in [3.8, 4) is 5.69 Å². The number of amides is 1. The molecule has 0 aliphatic carbocycles. The Hall–Kier alpha value is -2.44. The molecule has 1 aromatic carbocycles. The summed E-state index contributed by atoms with van der Waals surface area (Å²) in [5.74, 6) is -1.27. The summed E-state index contributed by atoms with van der Waals surface area (Å²) in [5.41, 5.74) is 2.82. The number of nitrogens with one attached hydrogen (secondary N) is 1. The lowest BCUT2D eigenvalue weighted by Crippen LogP contribution is -2.23. The lowest BCUT2D eigenvalue weighted by atomic mass is 10.1. The van der Waals surface area contributed by atoms with Gasteiger partial charge in [0.05, 0.1) is 0 Å². The number of hydrogen-bond donors (Lipinski definition) is 1. The van der Waals surface area contributed by atoms with E-state index in [1.54, 1.807) is 24.4 Å². The molecule has 0 radical (unpaired) electrons. The topological polar surface area (TPSA) is 64.0 Å². The van der Waals surface area contributed by atoms with E-state index in [0.29, 0.717) is 21.4 Å². The van der Waals surface area contributed by atoms with Gasteiger partial charge >= 0.3 is 0 Å². The van der Waals surface area contributed by atoms with Crippen LogP contribution in [0.1, 0.15) is 26.6 Å². The van der Waals surface area contributed by atoms with Gasteiger partial charge in [-0.25, -0.2) is 4.98 Å².